The van der Waals surface area contributed by atoms with Crippen LogP contribution in [0.2, 0.25) is 0 Å². The molecule has 0 aliphatic heterocycles. The van der Waals surface area contributed by atoms with Gasteiger partial charge in [-0.15, -0.1) is 0 Å². The van der Waals surface area contributed by atoms with Crippen LogP contribution in [0.4, 0.5) is 4.39 Å². The van der Waals surface area contributed by atoms with Gasteiger partial charge in [0.15, 0.2) is 0 Å². The molecule has 0 bridgehead atoms. The van der Waals surface area contributed by atoms with Crippen LogP contribution in [0.5, 0.6) is 5.75 Å². The van der Waals surface area contributed by atoms with E-state index in [2.05, 4.69) is 0 Å². The molecule has 8 heteroatoms. The molecule has 2 aromatic carbocycles. The second-order valence-corrected chi connectivity index (χ2v) is 8.18. The number of amides is 1. The number of nitrogens with zero attached hydrogens (tertiary/aromatic N) is 2. The fraction of sp³-hybridized carbons (Fsp3) is 0.350. The maximum atomic E-state index is 14.3. The summed E-state index contributed by atoms with van der Waals surface area (Å²) in [4.78, 5) is 14.0. The van der Waals surface area contributed by atoms with Gasteiger partial charge in [-0.05, 0) is 35.9 Å². The highest BCUT2D eigenvalue weighted by Gasteiger charge is 2.25. The third kappa shape index (κ3) is 4.69. The zero-order valence-electron chi connectivity index (χ0n) is 16.5. The van der Waals surface area contributed by atoms with Crippen LogP contribution in [0.3, 0.4) is 0 Å². The highest BCUT2D eigenvalue weighted by atomic mass is 32.2. The number of benzene rings is 2. The van der Waals surface area contributed by atoms with Crippen molar-refractivity contribution in [3.05, 3.63) is 59.4 Å². The number of carbonyl (C=O) groups is 1. The Morgan fingerprint density at radius 2 is 1.79 bits per heavy atom. The normalized spacial score (nSPS) is 11.5. The van der Waals surface area contributed by atoms with Gasteiger partial charge in [0, 0.05) is 26.7 Å². The van der Waals surface area contributed by atoms with E-state index in [1.807, 2.05) is 6.07 Å². The van der Waals surface area contributed by atoms with Gasteiger partial charge in [0.1, 0.15) is 11.6 Å². The van der Waals surface area contributed by atoms with Crippen LogP contribution < -0.4 is 4.74 Å². The molecule has 152 valence electrons. The quantitative estimate of drug-likeness (QED) is 0.673. The molecule has 0 N–H and O–H groups in total. The lowest BCUT2D eigenvalue weighted by Crippen LogP contribution is -2.31. The monoisotopic (exact) mass is 408 g/mol. The summed E-state index contributed by atoms with van der Waals surface area (Å²) in [6, 6.07) is 10.5. The summed E-state index contributed by atoms with van der Waals surface area (Å²) in [6.45, 7) is 4.24. The van der Waals surface area contributed by atoms with E-state index in [1.54, 1.807) is 39.2 Å². The first-order chi connectivity index (χ1) is 13.2. The minimum Gasteiger partial charge on any atom is -0.497 e. The van der Waals surface area contributed by atoms with Gasteiger partial charge in [-0.25, -0.2) is 12.8 Å². The minimum absolute atomic E-state index is 0.101. The summed E-state index contributed by atoms with van der Waals surface area (Å²) in [5.41, 5.74) is 0.529. The second-order valence-electron chi connectivity index (χ2n) is 6.24. The van der Waals surface area contributed by atoms with Crippen molar-refractivity contribution in [2.24, 2.45) is 0 Å². The highest BCUT2D eigenvalue weighted by Crippen LogP contribution is 2.21. The molecule has 28 heavy (non-hydrogen) atoms. The fourth-order valence-corrected chi connectivity index (χ4v) is 4.35. The van der Waals surface area contributed by atoms with Gasteiger partial charge < -0.3 is 9.64 Å². The lowest BCUT2D eigenvalue weighted by molar-refractivity contribution is 0.0780. The molecular formula is C20H25FN2O4S. The summed E-state index contributed by atoms with van der Waals surface area (Å²) in [7, 11) is -0.707. The Hall–Kier alpha value is -2.45. The number of ether oxygens (including phenoxy) is 1. The molecule has 1 amide bonds. The zero-order valence-corrected chi connectivity index (χ0v) is 17.3. The largest absolute Gasteiger partial charge is 0.497 e. The molecule has 0 fully saturated rings. The van der Waals surface area contributed by atoms with Crippen LogP contribution in [0.1, 0.15) is 29.8 Å². The van der Waals surface area contributed by atoms with Gasteiger partial charge in [0.2, 0.25) is 10.0 Å². The minimum atomic E-state index is -3.79. The number of methoxy groups -OCH3 is 1. The molecule has 0 heterocycles. The molecular weight excluding hydrogens is 383 g/mol. The van der Waals surface area contributed by atoms with E-state index in [9.17, 15) is 17.6 Å². The summed E-state index contributed by atoms with van der Waals surface area (Å²) in [5.74, 6) is -0.713. The molecule has 2 rings (SSSR count). The van der Waals surface area contributed by atoms with Crippen molar-refractivity contribution in [1.82, 2.24) is 9.21 Å². The second kappa shape index (κ2) is 9.16. The zero-order chi connectivity index (χ0) is 20.9. The molecule has 6 nitrogen and oxygen atoms in total. The van der Waals surface area contributed by atoms with Crippen molar-refractivity contribution in [3.8, 4) is 5.75 Å². The van der Waals surface area contributed by atoms with E-state index in [4.69, 9.17) is 4.74 Å². The number of rotatable bonds is 8. The lowest BCUT2D eigenvalue weighted by atomic mass is 10.1. The van der Waals surface area contributed by atoms with Crippen molar-refractivity contribution >= 4 is 15.9 Å². The molecule has 2 aromatic rings. The van der Waals surface area contributed by atoms with Crippen molar-refractivity contribution in [2.75, 3.05) is 27.2 Å². The Labute approximate surface area is 165 Å². The van der Waals surface area contributed by atoms with Gasteiger partial charge in [-0.2, -0.15) is 4.31 Å². The summed E-state index contributed by atoms with van der Waals surface area (Å²) in [5, 5.41) is 0. The predicted octanol–water partition coefficient (Wildman–Crippen LogP) is 3.14. The van der Waals surface area contributed by atoms with Gasteiger partial charge in [-0.3, -0.25) is 4.79 Å². The van der Waals surface area contributed by atoms with Crippen LogP contribution in [0.15, 0.2) is 47.4 Å². The lowest BCUT2D eigenvalue weighted by Gasteiger charge is -2.21. The molecule has 0 spiro atoms. The first-order valence-corrected chi connectivity index (χ1v) is 10.4. The maximum absolute atomic E-state index is 14.3. The first-order valence-electron chi connectivity index (χ1n) is 8.92. The SMILES string of the molecule is CCN(CC)S(=O)(=O)c1ccc(F)c(C(=O)N(C)Cc2cccc(OC)c2)c1. The number of carbonyl (C=O) groups excluding carboxylic acids is 1. The standard InChI is InChI=1S/C20H25FN2O4S/c1-5-23(6-2)28(25,26)17-10-11-19(21)18(13-17)20(24)22(3)14-15-8-7-9-16(12-15)27-4/h7-13H,5-6,14H2,1-4H3. The molecule has 0 aromatic heterocycles. The Morgan fingerprint density at radius 3 is 2.39 bits per heavy atom. The molecule has 0 atom stereocenters. The van der Waals surface area contributed by atoms with Crippen molar-refractivity contribution < 1.29 is 22.3 Å². The average molecular weight is 408 g/mol. The van der Waals surface area contributed by atoms with Gasteiger partial charge in [0.05, 0.1) is 17.6 Å². The van der Waals surface area contributed by atoms with E-state index < -0.39 is 21.7 Å². The van der Waals surface area contributed by atoms with Crippen molar-refractivity contribution in [3.63, 3.8) is 0 Å². The van der Waals surface area contributed by atoms with Crippen LogP contribution in [-0.4, -0.2) is 50.8 Å². The molecule has 0 saturated heterocycles. The number of hydrogen-bond donors (Lipinski definition) is 0. The van der Waals surface area contributed by atoms with Crippen LogP contribution in [0, 0.1) is 5.82 Å². The highest BCUT2D eigenvalue weighted by molar-refractivity contribution is 7.89. The topological polar surface area (TPSA) is 66.9 Å². The number of sulfonamides is 1. The third-order valence-electron chi connectivity index (χ3n) is 4.41. The maximum Gasteiger partial charge on any atom is 0.256 e. The van der Waals surface area contributed by atoms with Crippen molar-refractivity contribution in [1.29, 1.82) is 0 Å². The smallest absolute Gasteiger partial charge is 0.256 e. The van der Waals surface area contributed by atoms with Crippen LogP contribution in [0.25, 0.3) is 0 Å². The summed E-state index contributed by atoms with van der Waals surface area (Å²) < 4.78 is 46.1. The fourth-order valence-electron chi connectivity index (χ4n) is 2.86. The van der Waals surface area contributed by atoms with E-state index in [0.717, 1.165) is 17.7 Å². The summed E-state index contributed by atoms with van der Waals surface area (Å²) in [6.07, 6.45) is 0. The Kier molecular flexibility index (Phi) is 7.15. The molecule has 0 aliphatic carbocycles. The Balaban J connectivity index is 2.32. The van der Waals surface area contributed by atoms with E-state index >= 15 is 0 Å². The third-order valence-corrected chi connectivity index (χ3v) is 6.46. The van der Waals surface area contributed by atoms with Gasteiger partial charge >= 0.3 is 0 Å². The van der Waals surface area contributed by atoms with Gasteiger partial charge in [0.25, 0.3) is 5.91 Å². The van der Waals surface area contributed by atoms with Crippen molar-refractivity contribution in [2.45, 2.75) is 25.3 Å². The molecule has 0 aliphatic rings. The predicted molar refractivity (Wildman–Crippen MR) is 105 cm³/mol. The number of halogens is 1. The van der Waals surface area contributed by atoms with E-state index in [-0.39, 0.29) is 30.1 Å². The molecule has 0 radical (unpaired) electrons. The van der Waals surface area contributed by atoms with Crippen LogP contribution >= 0.6 is 0 Å². The molecule has 0 unspecified atom stereocenters. The van der Waals surface area contributed by atoms with Crippen LogP contribution in [-0.2, 0) is 16.6 Å². The Morgan fingerprint density at radius 1 is 1.11 bits per heavy atom. The summed E-state index contributed by atoms with van der Waals surface area (Å²) >= 11 is 0. The molecule has 0 saturated carbocycles. The Bertz CT molecular complexity index is 943. The van der Waals surface area contributed by atoms with E-state index in [1.165, 1.54) is 22.3 Å². The number of hydrogen-bond acceptors (Lipinski definition) is 4. The van der Waals surface area contributed by atoms with E-state index in [0.29, 0.717) is 5.75 Å². The average Bonchev–Trinajstić information content (AvgIpc) is 2.68. The van der Waals surface area contributed by atoms with Gasteiger partial charge in [-0.1, -0.05) is 26.0 Å². The first kappa shape index (κ1) is 21.8.